The van der Waals surface area contributed by atoms with Crippen LogP contribution in [0, 0.1) is 0 Å². The Morgan fingerprint density at radius 3 is 1.82 bits per heavy atom. The fourth-order valence-electron chi connectivity index (χ4n) is 4.53. The predicted molar refractivity (Wildman–Crippen MR) is 176 cm³/mol. The monoisotopic (exact) mass is 658 g/mol. The summed E-state index contributed by atoms with van der Waals surface area (Å²) in [5, 5.41) is 0. The lowest BCUT2D eigenvalue weighted by Gasteiger charge is -2.12. The van der Waals surface area contributed by atoms with Crippen molar-refractivity contribution in [3.05, 3.63) is 72.8 Å². The zero-order valence-corrected chi connectivity index (χ0v) is 27.1. The van der Waals surface area contributed by atoms with Gasteiger partial charge in [0.25, 0.3) is 20.0 Å². The molecule has 0 aromatic heterocycles. The van der Waals surface area contributed by atoms with Crippen molar-refractivity contribution in [2.75, 3.05) is 14.9 Å². The molecule has 0 aliphatic rings. The molecule has 0 aliphatic carbocycles. The lowest BCUT2D eigenvalue weighted by atomic mass is 10.1. The molecular weight excluding hydrogens is 617 g/mol. The largest absolute Gasteiger partial charge is 0.426 e. The van der Waals surface area contributed by atoms with Crippen molar-refractivity contribution < 1.29 is 31.2 Å². The maximum atomic E-state index is 13.1. The van der Waals surface area contributed by atoms with E-state index in [9.17, 15) is 26.4 Å². The Hall–Kier alpha value is -4.10. The minimum atomic E-state index is -4.14. The summed E-state index contributed by atoms with van der Waals surface area (Å²) in [5.41, 5.74) is 5.71. The van der Waals surface area contributed by atoms with E-state index in [0.29, 0.717) is 18.5 Å². The van der Waals surface area contributed by atoms with Gasteiger partial charge in [-0.1, -0.05) is 76.8 Å². The van der Waals surface area contributed by atoms with Crippen LogP contribution in [0.25, 0.3) is 0 Å². The number of anilines is 3. The van der Waals surface area contributed by atoms with Gasteiger partial charge in [0.05, 0.1) is 21.2 Å². The van der Waals surface area contributed by atoms with Gasteiger partial charge in [-0.2, -0.15) is 0 Å². The number of hydrazine groups is 1. The molecule has 1 amide bonds. The highest BCUT2D eigenvalue weighted by Crippen LogP contribution is 2.24. The number of hydrogen-bond acceptors (Lipinski definition) is 8. The van der Waals surface area contributed by atoms with Crippen LogP contribution < -0.4 is 25.0 Å². The van der Waals surface area contributed by atoms with E-state index in [2.05, 4.69) is 27.2 Å². The molecule has 3 rings (SSSR count). The van der Waals surface area contributed by atoms with Crippen molar-refractivity contribution in [3.8, 4) is 5.75 Å². The molecule has 0 saturated carbocycles. The average Bonchev–Trinajstić information content (AvgIpc) is 3.01. The number of esters is 1. The van der Waals surface area contributed by atoms with Gasteiger partial charge in [0, 0.05) is 18.2 Å². The predicted octanol–water partition coefficient (Wildman–Crippen LogP) is 6.58. The summed E-state index contributed by atoms with van der Waals surface area (Å²) in [5.74, 6) is -0.315. The summed E-state index contributed by atoms with van der Waals surface area (Å²) in [4.78, 5) is 22.4. The maximum absolute atomic E-state index is 13.1. The summed E-state index contributed by atoms with van der Waals surface area (Å²) in [6, 6.07) is 17.1. The first-order valence-corrected chi connectivity index (χ1v) is 18.1. The first-order valence-electron chi connectivity index (χ1n) is 15.1. The Morgan fingerprint density at radius 1 is 0.667 bits per heavy atom. The summed E-state index contributed by atoms with van der Waals surface area (Å²) in [6.45, 7) is 2.21. The topological polar surface area (TPSA) is 160 Å². The first-order chi connectivity index (χ1) is 21.6. The Morgan fingerprint density at radius 2 is 1.20 bits per heavy atom. The van der Waals surface area contributed by atoms with Crippen LogP contribution in [0.3, 0.4) is 0 Å². The molecular formula is C32H42N4O7S2. The molecule has 0 bridgehead atoms. The number of hydrogen-bond donors (Lipinski definition) is 4. The zero-order chi connectivity index (χ0) is 32.5. The summed E-state index contributed by atoms with van der Waals surface area (Å²) < 4.78 is 62.4. The van der Waals surface area contributed by atoms with Crippen LogP contribution in [0.1, 0.15) is 77.6 Å². The van der Waals surface area contributed by atoms with E-state index < -0.39 is 26.0 Å². The number of amides is 1. The van der Waals surface area contributed by atoms with Gasteiger partial charge < -0.3 is 4.74 Å². The Labute approximate surface area is 266 Å². The van der Waals surface area contributed by atoms with Gasteiger partial charge in [0.1, 0.15) is 5.75 Å². The molecule has 244 valence electrons. The van der Waals surface area contributed by atoms with Gasteiger partial charge in [0.2, 0.25) is 6.41 Å². The number of ether oxygens (including phenoxy) is 1. The summed E-state index contributed by atoms with van der Waals surface area (Å²) >= 11 is 0. The van der Waals surface area contributed by atoms with Gasteiger partial charge >= 0.3 is 5.97 Å². The van der Waals surface area contributed by atoms with E-state index in [-0.39, 0.29) is 33.3 Å². The van der Waals surface area contributed by atoms with Crippen molar-refractivity contribution in [1.82, 2.24) is 5.43 Å². The van der Waals surface area contributed by atoms with Gasteiger partial charge in [-0.25, -0.2) is 16.8 Å². The van der Waals surface area contributed by atoms with Crippen LogP contribution in [0.5, 0.6) is 5.75 Å². The van der Waals surface area contributed by atoms with E-state index in [1.54, 1.807) is 12.1 Å². The van der Waals surface area contributed by atoms with E-state index in [1.807, 2.05) is 0 Å². The number of rotatable bonds is 21. The van der Waals surface area contributed by atoms with Crippen molar-refractivity contribution >= 4 is 49.5 Å². The number of nitrogens with one attached hydrogen (secondary N) is 4. The van der Waals surface area contributed by atoms with Gasteiger partial charge in [0.15, 0.2) is 0 Å². The second-order valence-corrected chi connectivity index (χ2v) is 13.9. The molecule has 0 aliphatic heterocycles. The van der Waals surface area contributed by atoms with E-state index in [1.165, 1.54) is 99.2 Å². The van der Waals surface area contributed by atoms with Crippen LogP contribution in [0.2, 0.25) is 0 Å². The fourth-order valence-corrected chi connectivity index (χ4v) is 6.72. The van der Waals surface area contributed by atoms with Crippen LogP contribution in [-0.2, 0) is 29.6 Å². The molecule has 3 aromatic rings. The molecule has 13 heteroatoms. The summed E-state index contributed by atoms with van der Waals surface area (Å²) in [7, 11) is -8.20. The highest BCUT2D eigenvalue weighted by atomic mass is 32.2. The molecule has 11 nitrogen and oxygen atoms in total. The van der Waals surface area contributed by atoms with Crippen LogP contribution in [-0.4, -0.2) is 29.2 Å². The Balaban J connectivity index is 1.52. The molecule has 3 aromatic carbocycles. The van der Waals surface area contributed by atoms with E-state index in [4.69, 9.17) is 4.74 Å². The van der Waals surface area contributed by atoms with Gasteiger partial charge in [-0.15, -0.1) is 0 Å². The third-order valence-corrected chi connectivity index (χ3v) is 9.65. The number of sulfonamides is 2. The van der Waals surface area contributed by atoms with Crippen LogP contribution in [0.15, 0.2) is 82.6 Å². The van der Waals surface area contributed by atoms with Gasteiger partial charge in [-0.3, -0.25) is 29.9 Å². The second-order valence-electron chi connectivity index (χ2n) is 10.6. The highest BCUT2D eigenvalue weighted by molar-refractivity contribution is 7.93. The van der Waals surface area contributed by atoms with Crippen LogP contribution >= 0.6 is 0 Å². The number of carbonyl (C=O) groups excluding carboxylic acids is 2. The van der Waals surface area contributed by atoms with E-state index >= 15 is 0 Å². The van der Waals surface area contributed by atoms with Crippen molar-refractivity contribution in [3.63, 3.8) is 0 Å². The average molecular weight is 659 g/mol. The third-order valence-electron chi connectivity index (χ3n) is 6.89. The first kappa shape index (κ1) is 35.4. The standard InChI is InChI=1S/C32H42N4O7S2/c1-2-3-4-5-6-7-8-9-10-11-18-32(38)43-29-15-13-17-31(24-29)45(41,42)36-28-14-12-16-30(23-28)44(39,40)35-27-21-19-26(20-22-27)34-33-25-37/h12-17,19-25,34-36H,2-11,18H2,1H3,(H,33,37). The van der Waals surface area contributed by atoms with Crippen molar-refractivity contribution in [2.45, 2.75) is 87.3 Å². The molecule has 0 heterocycles. The molecule has 0 radical (unpaired) electrons. The SMILES string of the molecule is CCCCCCCCCCCCC(=O)Oc1cccc(S(=O)(=O)Nc2cccc(S(=O)(=O)Nc3ccc(NNC=O)cc3)c2)c1. The third kappa shape index (κ3) is 12.4. The maximum Gasteiger partial charge on any atom is 0.311 e. The number of benzene rings is 3. The smallest absolute Gasteiger partial charge is 0.311 e. The van der Waals surface area contributed by atoms with E-state index in [0.717, 1.165) is 19.3 Å². The molecule has 0 unspecified atom stereocenters. The quantitative estimate of drug-likeness (QED) is 0.0328. The summed E-state index contributed by atoms with van der Waals surface area (Å²) in [6.07, 6.45) is 12.2. The minimum absolute atomic E-state index is 0.0284. The number of unbranched alkanes of at least 4 members (excludes halogenated alkanes) is 9. The van der Waals surface area contributed by atoms with Crippen LogP contribution in [0.4, 0.5) is 17.1 Å². The Kier molecular flexibility index (Phi) is 14.2. The molecule has 45 heavy (non-hydrogen) atoms. The molecule has 0 saturated heterocycles. The highest BCUT2D eigenvalue weighted by Gasteiger charge is 2.19. The molecule has 4 N–H and O–H groups in total. The van der Waals surface area contributed by atoms with Crippen molar-refractivity contribution in [1.29, 1.82) is 0 Å². The molecule has 0 atom stereocenters. The van der Waals surface area contributed by atoms with Crippen molar-refractivity contribution in [2.24, 2.45) is 0 Å². The second kappa shape index (κ2) is 18.0. The number of carbonyl (C=O) groups is 2. The lowest BCUT2D eigenvalue weighted by molar-refractivity contribution is -0.134. The lowest BCUT2D eigenvalue weighted by Crippen LogP contribution is -2.19. The normalized spacial score (nSPS) is 11.4. The minimum Gasteiger partial charge on any atom is -0.426 e. The fraction of sp³-hybridized carbons (Fsp3) is 0.375. The molecule has 0 spiro atoms. The zero-order valence-electron chi connectivity index (χ0n) is 25.5. The Bertz CT molecular complexity index is 1600. The molecule has 0 fully saturated rings. The van der Waals surface area contributed by atoms with Gasteiger partial charge in [-0.05, 0) is 61.0 Å².